The molecule has 0 aliphatic heterocycles. The predicted octanol–water partition coefficient (Wildman–Crippen LogP) is 2.91. The van der Waals surface area contributed by atoms with Crippen molar-refractivity contribution in [3.63, 3.8) is 0 Å². The molecular formula is C17H25FN2O2. The van der Waals surface area contributed by atoms with Gasteiger partial charge in [0.1, 0.15) is 5.82 Å². The first-order valence-electron chi connectivity index (χ1n) is 7.78. The van der Waals surface area contributed by atoms with E-state index in [1.807, 2.05) is 19.9 Å². The highest BCUT2D eigenvalue weighted by Gasteiger charge is 2.27. The summed E-state index contributed by atoms with van der Waals surface area (Å²) in [6, 6.07) is 4.62. The number of carbonyl (C=O) groups is 1. The molecule has 0 bridgehead atoms. The van der Waals surface area contributed by atoms with Crippen LogP contribution in [-0.2, 0) is 6.42 Å². The van der Waals surface area contributed by atoms with Crippen LogP contribution in [0.15, 0.2) is 18.2 Å². The van der Waals surface area contributed by atoms with Crippen LogP contribution in [0.1, 0.15) is 50.8 Å². The van der Waals surface area contributed by atoms with Gasteiger partial charge in [0, 0.05) is 6.54 Å². The molecule has 22 heavy (non-hydrogen) atoms. The molecule has 122 valence electrons. The van der Waals surface area contributed by atoms with Crippen LogP contribution in [0.25, 0.3) is 0 Å². The zero-order valence-electron chi connectivity index (χ0n) is 13.4. The van der Waals surface area contributed by atoms with Crippen LogP contribution in [0.4, 0.5) is 9.18 Å². The zero-order chi connectivity index (χ0) is 16.3. The van der Waals surface area contributed by atoms with Gasteiger partial charge in [0.15, 0.2) is 0 Å². The molecule has 2 unspecified atom stereocenters. The second-order valence-corrected chi connectivity index (χ2v) is 6.94. The summed E-state index contributed by atoms with van der Waals surface area (Å²) in [5, 5.41) is 15.2. The molecule has 0 aromatic heterocycles. The molecule has 3 N–H and O–H groups in total. The van der Waals surface area contributed by atoms with Gasteiger partial charge >= 0.3 is 6.03 Å². The molecule has 1 aromatic rings. The molecule has 0 radical (unpaired) electrons. The van der Waals surface area contributed by atoms with Crippen molar-refractivity contribution in [1.82, 2.24) is 10.6 Å². The van der Waals surface area contributed by atoms with Gasteiger partial charge in [0.05, 0.1) is 12.1 Å². The summed E-state index contributed by atoms with van der Waals surface area (Å²) in [5.41, 5.74) is 1.41. The number of benzene rings is 1. The molecular weight excluding hydrogens is 283 g/mol. The van der Waals surface area contributed by atoms with Gasteiger partial charge in [-0.3, -0.25) is 0 Å². The van der Waals surface area contributed by atoms with Gasteiger partial charge in [0.25, 0.3) is 0 Å². The van der Waals surface area contributed by atoms with E-state index in [0.717, 1.165) is 12.0 Å². The Morgan fingerprint density at radius 2 is 2.23 bits per heavy atom. The highest BCUT2D eigenvalue weighted by Crippen LogP contribution is 2.32. The first-order valence-corrected chi connectivity index (χ1v) is 7.78. The third kappa shape index (κ3) is 4.19. The monoisotopic (exact) mass is 308 g/mol. The summed E-state index contributed by atoms with van der Waals surface area (Å²) in [6.45, 7) is 6.22. The summed E-state index contributed by atoms with van der Waals surface area (Å²) in [6.07, 6.45) is 1.59. The average Bonchev–Trinajstić information content (AvgIpc) is 2.80. The fourth-order valence-corrected chi connectivity index (χ4v) is 3.16. The maximum atomic E-state index is 13.7. The smallest absolute Gasteiger partial charge is 0.315 e. The Hall–Kier alpha value is -1.62. The molecule has 1 aromatic carbocycles. The van der Waals surface area contributed by atoms with Crippen molar-refractivity contribution < 1.29 is 14.3 Å². The number of urea groups is 1. The van der Waals surface area contributed by atoms with E-state index in [1.54, 1.807) is 13.0 Å². The Morgan fingerprint density at radius 3 is 2.91 bits per heavy atom. The van der Waals surface area contributed by atoms with Gasteiger partial charge in [-0.1, -0.05) is 26.0 Å². The van der Waals surface area contributed by atoms with E-state index in [-0.39, 0.29) is 23.3 Å². The molecule has 0 saturated carbocycles. The first-order chi connectivity index (χ1) is 10.3. The van der Waals surface area contributed by atoms with Crippen molar-refractivity contribution in [2.24, 2.45) is 5.41 Å². The summed E-state index contributed by atoms with van der Waals surface area (Å²) in [4.78, 5) is 12.0. The summed E-state index contributed by atoms with van der Waals surface area (Å²) < 4.78 is 13.7. The third-order valence-corrected chi connectivity index (χ3v) is 4.09. The van der Waals surface area contributed by atoms with Crippen LogP contribution in [0.2, 0.25) is 0 Å². The molecule has 2 rings (SSSR count). The predicted molar refractivity (Wildman–Crippen MR) is 84.1 cm³/mol. The number of fused-ring (bicyclic) bond motifs is 1. The largest absolute Gasteiger partial charge is 0.393 e. The van der Waals surface area contributed by atoms with Gasteiger partial charge in [-0.2, -0.15) is 0 Å². The van der Waals surface area contributed by atoms with Crippen LogP contribution in [0, 0.1) is 11.2 Å². The Balaban J connectivity index is 1.88. The number of rotatable bonds is 5. The number of carbonyl (C=O) groups excluding carboxylic acids is 1. The molecule has 2 amide bonds. The molecule has 1 aliphatic rings. The van der Waals surface area contributed by atoms with E-state index in [0.29, 0.717) is 24.9 Å². The minimum atomic E-state index is -0.399. The number of halogens is 1. The van der Waals surface area contributed by atoms with Gasteiger partial charge in [-0.15, -0.1) is 0 Å². The third-order valence-electron chi connectivity index (χ3n) is 4.09. The van der Waals surface area contributed by atoms with Crippen LogP contribution in [-0.4, -0.2) is 23.8 Å². The lowest BCUT2D eigenvalue weighted by atomic mass is 9.87. The number of aliphatic hydroxyl groups excluding tert-OH is 1. The minimum absolute atomic E-state index is 0.134. The maximum Gasteiger partial charge on any atom is 0.315 e. The second-order valence-electron chi connectivity index (χ2n) is 6.94. The molecule has 0 spiro atoms. The maximum absolute atomic E-state index is 13.7. The van der Waals surface area contributed by atoms with Crippen molar-refractivity contribution in [3.8, 4) is 0 Å². The van der Waals surface area contributed by atoms with Gasteiger partial charge in [-0.25, -0.2) is 9.18 Å². The molecule has 4 nitrogen and oxygen atoms in total. The first kappa shape index (κ1) is 16.7. The lowest BCUT2D eigenvalue weighted by Gasteiger charge is -2.27. The lowest BCUT2D eigenvalue weighted by Crippen LogP contribution is -2.42. The molecule has 1 aliphatic carbocycles. The lowest BCUT2D eigenvalue weighted by molar-refractivity contribution is 0.128. The normalized spacial score (nSPS) is 18.7. The number of hydrogen-bond acceptors (Lipinski definition) is 2. The SMILES string of the molecule is CC(O)CC(C)(C)CNC(=O)NC1CCc2c(F)cccc21. The van der Waals surface area contributed by atoms with E-state index >= 15 is 0 Å². The topological polar surface area (TPSA) is 61.4 Å². The van der Waals surface area contributed by atoms with Crippen molar-refractivity contribution in [1.29, 1.82) is 0 Å². The average molecular weight is 308 g/mol. The highest BCUT2D eigenvalue weighted by atomic mass is 19.1. The molecule has 0 fully saturated rings. The quantitative estimate of drug-likeness (QED) is 0.783. The number of hydrogen-bond donors (Lipinski definition) is 3. The highest BCUT2D eigenvalue weighted by molar-refractivity contribution is 5.74. The van der Waals surface area contributed by atoms with E-state index in [1.165, 1.54) is 6.07 Å². The van der Waals surface area contributed by atoms with Gasteiger partial charge < -0.3 is 15.7 Å². The summed E-state index contributed by atoms with van der Waals surface area (Å²) in [7, 11) is 0. The van der Waals surface area contributed by atoms with E-state index in [9.17, 15) is 14.3 Å². The molecule has 0 heterocycles. The van der Waals surface area contributed by atoms with Gasteiger partial charge in [-0.05, 0) is 48.8 Å². The molecule has 5 heteroatoms. The molecule has 2 atom stereocenters. The van der Waals surface area contributed by atoms with Gasteiger partial charge in [0.2, 0.25) is 0 Å². The standard InChI is InChI=1S/C17H25FN2O2/c1-11(21)9-17(2,3)10-19-16(22)20-15-8-7-12-13(15)5-4-6-14(12)18/h4-6,11,15,21H,7-10H2,1-3H3,(H2,19,20,22). The van der Waals surface area contributed by atoms with E-state index in [2.05, 4.69) is 10.6 Å². The Bertz CT molecular complexity index is 543. The zero-order valence-corrected chi connectivity index (χ0v) is 13.4. The van der Waals surface area contributed by atoms with Crippen molar-refractivity contribution >= 4 is 6.03 Å². The fourth-order valence-electron chi connectivity index (χ4n) is 3.16. The van der Waals surface area contributed by atoms with Crippen LogP contribution >= 0.6 is 0 Å². The summed E-state index contributed by atoms with van der Waals surface area (Å²) >= 11 is 0. The van der Waals surface area contributed by atoms with Crippen molar-refractivity contribution in [3.05, 3.63) is 35.1 Å². The van der Waals surface area contributed by atoms with Crippen LogP contribution < -0.4 is 10.6 Å². The number of amides is 2. The van der Waals surface area contributed by atoms with E-state index < -0.39 is 6.10 Å². The molecule has 0 saturated heterocycles. The Kier molecular flexibility index (Phi) is 5.06. The fraction of sp³-hybridized carbons (Fsp3) is 0.588. The van der Waals surface area contributed by atoms with Crippen LogP contribution in [0.5, 0.6) is 0 Å². The number of aliphatic hydroxyl groups is 1. The Morgan fingerprint density at radius 1 is 1.50 bits per heavy atom. The second kappa shape index (κ2) is 6.65. The van der Waals surface area contributed by atoms with E-state index in [4.69, 9.17) is 0 Å². The van der Waals surface area contributed by atoms with Crippen LogP contribution in [0.3, 0.4) is 0 Å². The summed E-state index contributed by atoms with van der Waals surface area (Å²) in [5.74, 6) is -0.194. The minimum Gasteiger partial charge on any atom is -0.393 e. The van der Waals surface area contributed by atoms with Crippen molar-refractivity contribution in [2.45, 2.75) is 52.2 Å². The number of nitrogens with one attached hydrogen (secondary N) is 2. The van der Waals surface area contributed by atoms with Crippen molar-refractivity contribution in [2.75, 3.05) is 6.54 Å². The Labute approximate surface area is 131 Å².